The minimum absolute atomic E-state index is 0.770. The van der Waals surface area contributed by atoms with E-state index in [1.165, 1.54) is 33.6 Å². The summed E-state index contributed by atoms with van der Waals surface area (Å²) in [7, 11) is 3.40. The summed E-state index contributed by atoms with van der Waals surface area (Å²) < 4.78 is 15.6. The standard InChI is InChI=1S/C33H33N2O2/c1-24-5-9-26(10-6-24)21-34-23-35(22-27-11-7-25(2)8-12-27)33(29-15-19-31(37-4)20-16-29)32(34)28-13-17-30(36-3)18-14-28/h5-20,23H,21-22H2,1-4H3/q+1. The predicted molar refractivity (Wildman–Crippen MR) is 149 cm³/mol. The van der Waals surface area contributed by atoms with Crippen LogP contribution < -0.4 is 14.0 Å². The van der Waals surface area contributed by atoms with Crippen LogP contribution >= 0.6 is 0 Å². The average Bonchev–Trinajstić information content (AvgIpc) is 3.28. The largest absolute Gasteiger partial charge is 0.497 e. The quantitative estimate of drug-likeness (QED) is 0.223. The molecule has 186 valence electrons. The zero-order valence-corrected chi connectivity index (χ0v) is 21.9. The summed E-state index contributed by atoms with van der Waals surface area (Å²) in [5.74, 6) is 1.69. The lowest BCUT2D eigenvalue weighted by Crippen LogP contribution is -2.34. The minimum atomic E-state index is 0.770. The van der Waals surface area contributed by atoms with Crippen molar-refractivity contribution >= 4 is 0 Å². The van der Waals surface area contributed by atoms with E-state index >= 15 is 0 Å². The first kappa shape index (κ1) is 24.4. The lowest BCUT2D eigenvalue weighted by atomic mass is 10.0. The molecule has 1 heterocycles. The molecule has 0 saturated carbocycles. The van der Waals surface area contributed by atoms with Gasteiger partial charge in [0.25, 0.3) is 0 Å². The number of hydrogen-bond donors (Lipinski definition) is 0. The summed E-state index contributed by atoms with van der Waals surface area (Å²) in [6, 6.07) is 34.2. The van der Waals surface area contributed by atoms with Crippen molar-refractivity contribution < 1.29 is 14.0 Å². The van der Waals surface area contributed by atoms with Crippen LogP contribution in [0, 0.1) is 13.8 Å². The van der Waals surface area contributed by atoms with Crippen LogP contribution in [-0.2, 0) is 13.1 Å². The number of rotatable bonds is 8. The second-order valence-electron chi connectivity index (χ2n) is 9.50. The molecule has 4 nitrogen and oxygen atoms in total. The molecule has 0 unspecified atom stereocenters. The van der Waals surface area contributed by atoms with Gasteiger partial charge in [0.1, 0.15) is 24.6 Å². The summed E-state index contributed by atoms with van der Waals surface area (Å²) in [5.41, 5.74) is 9.67. The van der Waals surface area contributed by atoms with Gasteiger partial charge in [-0.25, -0.2) is 9.13 Å². The lowest BCUT2D eigenvalue weighted by Gasteiger charge is -2.09. The number of methoxy groups -OCH3 is 2. The Labute approximate surface area is 219 Å². The van der Waals surface area contributed by atoms with Crippen LogP contribution in [0.2, 0.25) is 0 Å². The van der Waals surface area contributed by atoms with Gasteiger partial charge < -0.3 is 9.47 Å². The molecule has 0 saturated heterocycles. The van der Waals surface area contributed by atoms with Crippen LogP contribution in [-0.4, -0.2) is 18.8 Å². The predicted octanol–water partition coefficient (Wildman–Crippen LogP) is 6.84. The normalized spacial score (nSPS) is 10.9. The first-order valence-corrected chi connectivity index (χ1v) is 12.6. The van der Waals surface area contributed by atoms with Crippen LogP contribution in [0.1, 0.15) is 22.3 Å². The van der Waals surface area contributed by atoms with E-state index in [2.05, 4.69) is 102 Å². The van der Waals surface area contributed by atoms with Crippen molar-refractivity contribution in [2.45, 2.75) is 26.9 Å². The maximum atomic E-state index is 5.45. The van der Waals surface area contributed by atoms with Crippen molar-refractivity contribution in [2.24, 2.45) is 0 Å². The maximum absolute atomic E-state index is 5.45. The summed E-state index contributed by atoms with van der Waals surface area (Å²) in [4.78, 5) is 0. The van der Waals surface area contributed by atoms with Gasteiger partial charge in [0.2, 0.25) is 6.33 Å². The summed E-state index contributed by atoms with van der Waals surface area (Å²) in [6.45, 7) is 5.79. The molecule has 0 fully saturated rings. The Morgan fingerprint density at radius 1 is 0.595 bits per heavy atom. The van der Waals surface area contributed by atoms with E-state index in [4.69, 9.17) is 9.47 Å². The van der Waals surface area contributed by atoms with E-state index in [-0.39, 0.29) is 0 Å². The maximum Gasteiger partial charge on any atom is 0.245 e. The van der Waals surface area contributed by atoms with Gasteiger partial charge in [0, 0.05) is 11.1 Å². The van der Waals surface area contributed by atoms with Gasteiger partial charge in [-0.15, -0.1) is 0 Å². The smallest absolute Gasteiger partial charge is 0.245 e. The van der Waals surface area contributed by atoms with Crippen molar-refractivity contribution in [1.82, 2.24) is 4.57 Å². The first-order valence-electron chi connectivity index (χ1n) is 12.6. The van der Waals surface area contributed by atoms with Gasteiger partial charge in [-0.3, -0.25) is 0 Å². The number of hydrogen-bond acceptors (Lipinski definition) is 2. The summed E-state index contributed by atoms with van der Waals surface area (Å²) in [6.07, 6.45) is 2.25. The number of nitrogens with zero attached hydrogens (tertiary/aromatic N) is 2. The molecule has 0 amide bonds. The third kappa shape index (κ3) is 5.44. The highest BCUT2D eigenvalue weighted by Gasteiger charge is 2.27. The number of imidazole rings is 1. The third-order valence-electron chi connectivity index (χ3n) is 6.75. The Morgan fingerprint density at radius 2 is 1.08 bits per heavy atom. The molecule has 0 aliphatic carbocycles. The fourth-order valence-corrected chi connectivity index (χ4v) is 4.68. The van der Waals surface area contributed by atoms with E-state index in [1.54, 1.807) is 14.2 Å². The van der Waals surface area contributed by atoms with Crippen molar-refractivity contribution in [1.29, 1.82) is 0 Å². The average molecular weight is 490 g/mol. The second-order valence-corrected chi connectivity index (χ2v) is 9.50. The van der Waals surface area contributed by atoms with Crippen LogP contribution in [0.5, 0.6) is 11.5 Å². The molecule has 4 aromatic carbocycles. The van der Waals surface area contributed by atoms with Crippen molar-refractivity contribution in [3.63, 3.8) is 0 Å². The minimum Gasteiger partial charge on any atom is -0.497 e. The number of aryl methyl sites for hydroxylation is 2. The van der Waals surface area contributed by atoms with Gasteiger partial charge in [-0.1, -0.05) is 59.7 Å². The van der Waals surface area contributed by atoms with E-state index in [0.717, 1.165) is 35.7 Å². The lowest BCUT2D eigenvalue weighted by molar-refractivity contribution is -0.677. The SMILES string of the molecule is COc1ccc(-c2c(-c3ccc(OC)cc3)[n+](Cc3ccc(C)cc3)cn2Cc2ccc(C)cc2)cc1. The highest BCUT2D eigenvalue weighted by Crippen LogP contribution is 2.33. The van der Waals surface area contributed by atoms with Gasteiger partial charge in [0.05, 0.1) is 14.2 Å². The Kier molecular flexibility index (Phi) is 7.09. The van der Waals surface area contributed by atoms with Crippen LogP contribution in [0.25, 0.3) is 22.5 Å². The topological polar surface area (TPSA) is 27.3 Å². The molecule has 1 aromatic heterocycles. The number of ether oxygens (including phenoxy) is 2. The molecular formula is C33H33N2O2+. The third-order valence-corrected chi connectivity index (χ3v) is 6.75. The Bertz CT molecular complexity index is 1350. The fraction of sp³-hybridized carbons (Fsp3) is 0.182. The van der Waals surface area contributed by atoms with Crippen LogP contribution in [0.15, 0.2) is 103 Å². The van der Waals surface area contributed by atoms with Gasteiger partial charge in [-0.05, 0) is 73.5 Å². The van der Waals surface area contributed by atoms with Gasteiger partial charge in [0.15, 0.2) is 11.4 Å². The molecule has 5 aromatic rings. The second kappa shape index (κ2) is 10.8. The molecule has 0 atom stereocenters. The highest BCUT2D eigenvalue weighted by molar-refractivity contribution is 5.77. The number of benzene rings is 4. The van der Waals surface area contributed by atoms with E-state index in [1.807, 2.05) is 24.3 Å². The Balaban J connectivity index is 1.70. The zero-order chi connectivity index (χ0) is 25.8. The molecule has 0 spiro atoms. The molecule has 0 aliphatic rings. The van der Waals surface area contributed by atoms with E-state index in [0.29, 0.717) is 0 Å². The zero-order valence-electron chi connectivity index (χ0n) is 21.9. The fourth-order valence-electron chi connectivity index (χ4n) is 4.68. The number of aromatic nitrogens is 2. The molecule has 0 aliphatic heterocycles. The molecule has 5 rings (SSSR count). The first-order chi connectivity index (χ1) is 18.0. The summed E-state index contributed by atoms with van der Waals surface area (Å²) >= 11 is 0. The van der Waals surface area contributed by atoms with E-state index < -0.39 is 0 Å². The van der Waals surface area contributed by atoms with E-state index in [9.17, 15) is 0 Å². The molecule has 0 bridgehead atoms. The van der Waals surface area contributed by atoms with Crippen LogP contribution in [0.4, 0.5) is 0 Å². The van der Waals surface area contributed by atoms with Crippen molar-refractivity contribution in [3.05, 3.63) is 126 Å². The van der Waals surface area contributed by atoms with Gasteiger partial charge in [-0.2, -0.15) is 0 Å². The molecule has 4 heteroatoms. The Morgan fingerprint density at radius 3 is 1.59 bits per heavy atom. The van der Waals surface area contributed by atoms with Crippen molar-refractivity contribution in [3.8, 4) is 34.0 Å². The highest BCUT2D eigenvalue weighted by atomic mass is 16.5. The van der Waals surface area contributed by atoms with Gasteiger partial charge >= 0.3 is 0 Å². The molecular weight excluding hydrogens is 456 g/mol. The molecule has 0 N–H and O–H groups in total. The molecule has 0 radical (unpaired) electrons. The summed E-state index contributed by atoms with van der Waals surface area (Å²) in [5, 5.41) is 0. The Hall–Kier alpha value is -4.31. The van der Waals surface area contributed by atoms with Crippen LogP contribution in [0.3, 0.4) is 0 Å². The molecule has 37 heavy (non-hydrogen) atoms. The monoisotopic (exact) mass is 489 g/mol. The van der Waals surface area contributed by atoms with Crippen molar-refractivity contribution in [2.75, 3.05) is 14.2 Å².